The fourth-order valence-corrected chi connectivity index (χ4v) is 5.34. The first-order chi connectivity index (χ1) is 18.7. The summed E-state index contributed by atoms with van der Waals surface area (Å²) in [6.07, 6.45) is -0.722. The minimum Gasteiger partial charge on any atom is -0.497 e. The molecule has 1 aromatic carbocycles. The molecule has 0 bridgehead atoms. The Hall–Kier alpha value is -1.95. The van der Waals surface area contributed by atoms with Gasteiger partial charge in [0.05, 0.1) is 45.6 Å². The molecule has 2 heterocycles. The third-order valence-corrected chi connectivity index (χ3v) is 7.95. The lowest BCUT2D eigenvalue weighted by molar-refractivity contribution is -0.318. The number of ether oxygens (including phenoxy) is 9. The molecule has 2 fully saturated rings. The van der Waals surface area contributed by atoms with E-state index in [2.05, 4.69) is 6.92 Å². The Bertz CT molecular complexity index is 875. The van der Waals surface area contributed by atoms with Crippen LogP contribution >= 0.6 is 0 Å². The predicted molar refractivity (Wildman–Crippen MR) is 143 cm³/mol. The molecule has 0 amide bonds. The molecule has 1 aromatic rings. The van der Waals surface area contributed by atoms with Gasteiger partial charge in [0.1, 0.15) is 35.9 Å². The number of benzene rings is 1. The summed E-state index contributed by atoms with van der Waals surface area (Å²) in [5, 5.41) is 0. The van der Waals surface area contributed by atoms with E-state index in [4.69, 9.17) is 42.6 Å². The highest BCUT2D eigenvalue weighted by molar-refractivity contribution is 5.70. The summed E-state index contributed by atoms with van der Waals surface area (Å²) < 4.78 is 52.8. The van der Waals surface area contributed by atoms with Crippen LogP contribution in [-0.4, -0.2) is 97.1 Å². The molecule has 2 saturated heterocycles. The van der Waals surface area contributed by atoms with E-state index >= 15 is 0 Å². The fourth-order valence-electron chi connectivity index (χ4n) is 5.34. The van der Waals surface area contributed by atoms with Crippen molar-refractivity contribution < 1.29 is 47.4 Å². The topological polar surface area (TPSA) is 100 Å². The molecular formula is C29H46O10. The Kier molecular flexibility index (Phi) is 11.8. The van der Waals surface area contributed by atoms with Crippen LogP contribution in [0.5, 0.6) is 11.5 Å². The summed E-state index contributed by atoms with van der Waals surface area (Å²) in [4.78, 5) is 12.3. The van der Waals surface area contributed by atoms with Crippen molar-refractivity contribution in [2.24, 2.45) is 5.41 Å². The van der Waals surface area contributed by atoms with Gasteiger partial charge in [0.25, 0.3) is 0 Å². The third kappa shape index (κ3) is 7.83. The van der Waals surface area contributed by atoms with Crippen LogP contribution < -0.4 is 9.47 Å². The summed E-state index contributed by atoms with van der Waals surface area (Å²) in [6, 6.07) is 7.53. The summed E-state index contributed by atoms with van der Waals surface area (Å²) in [7, 11) is 7.87. The lowest BCUT2D eigenvalue weighted by atomic mass is 9.74. The first-order valence-electron chi connectivity index (χ1n) is 13.6. The number of esters is 1. The first kappa shape index (κ1) is 31.6. The van der Waals surface area contributed by atoms with Crippen LogP contribution in [0.1, 0.15) is 46.5 Å². The van der Waals surface area contributed by atoms with Crippen LogP contribution in [0.4, 0.5) is 0 Å². The maximum absolute atomic E-state index is 12.3. The van der Waals surface area contributed by atoms with Crippen molar-refractivity contribution in [2.45, 2.75) is 95.5 Å². The lowest BCUT2D eigenvalue weighted by Crippen LogP contribution is -2.59. The summed E-state index contributed by atoms with van der Waals surface area (Å²) in [5.41, 5.74) is -0.522. The number of methoxy groups -OCH3 is 5. The minimum absolute atomic E-state index is 0.0954. The summed E-state index contributed by atoms with van der Waals surface area (Å²) >= 11 is 0. The van der Waals surface area contributed by atoms with Gasteiger partial charge in [-0.15, -0.1) is 0 Å². The van der Waals surface area contributed by atoms with Crippen molar-refractivity contribution in [1.29, 1.82) is 0 Å². The average molecular weight is 555 g/mol. The van der Waals surface area contributed by atoms with Crippen molar-refractivity contribution in [1.82, 2.24) is 0 Å². The molecule has 3 rings (SSSR count). The average Bonchev–Trinajstić information content (AvgIpc) is 2.94. The Labute approximate surface area is 232 Å². The van der Waals surface area contributed by atoms with Gasteiger partial charge >= 0.3 is 5.97 Å². The van der Waals surface area contributed by atoms with Gasteiger partial charge in [0, 0.05) is 39.6 Å². The van der Waals surface area contributed by atoms with E-state index in [9.17, 15) is 4.79 Å². The Balaban J connectivity index is 1.78. The molecule has 10 nitrogen and oxygen atoms in total. The molecule has 2 aliphatic heterocycles. The SMILES string of the molecule is CC[C@H](C[C@@H]1C[C@H](O[C@@H]2OC[C@@H](OC)[C@H](OC)[C@H]2OC)C(C)(C)[C@H](CC(=O)OC)O1)Oc1ccc(OC)cc1. The highest BCUT2D eigenvalue weighted by Gasteiger charge is 2.50. The Morgan fingerprint density at radius 1 is 1.00 bits per heavy atom. The minimum atomic E-state index is -0.675. The van der Waals surface area contributed by atoms with Gasteiger partial charge in [-0.3, -0.25) is 4.79 Å². The molecule has 0 aliphatic carbocycles. The van der Waals surface area contributed by atoms with Crippen LogP contribution in [0.2, 0.25) is 0 Å². The maximum atomic E-state index is 12.3. The van der Waals surface area contributed by atoms with Gasteiger partial charge in [-0.2, -0.15) is 0 Å². The van der Waals surface area contributed by atoms with Crippen LogP contribution in [0, 0.1) is 5.41 Å². The smallest absolute Gasteiger partial charge is 0.308 e. The molecule has 222 valence electrons. The van der Waals surface area contributed by atoms with E-state index in [1.54, 1.807) is 28.4 Å². The van der Waals surface area contributed by atoms with E-state index in [-0.39, 0.29) is 42.9 Å². The highest BCUT2D eigenvalue weighted by Crippen LogP contribution is 2.43. The van der Waals surface area contributed by atoms with Gasteiger partial charge in [-0.1, -0.05) is 20.8 Å². The first-order valence-corrected chi connectivity index (χ1v) is 13.6. The molecule has 0 N–H and O–H groups in total. The number of carbonyl (C=O) groups is 1. The number of hydrogen-bond donors (Lipinski definition) is 0. The molecule has 0 radical (unpaired) electrons. The molecular weight excluding hydrogens is 508 g/mol. The Morgan fingerprint density at radius 2 is 1.67 bits per heavy atom. The number of rotatable bonds is 13. The molecule has 0 aromatic heterocycles. The lowest BCUT2D eigenvalue weighted by Gasteiger charge is -2.50. The van der Waals surface area contributed by atoms with Crippen LogP contribution in [0.15, 0.2) is 24.3 Å². The van der Waals surface area contributed by atoms with Gasteiger partial charge in [-0.05, 0) is 30.7 Å². The van der Waals surface area contributed by atoms with Gasteiger partial charge in [0.15, 0.2) is 6.29 Å². The van der Waals surface area contributed by atoms with Crippen LogP contribution in [0.25, 0.3) is 0 Å². The molecule has 2 aliphatic rings. The van der Waals surface area contributed by atoms with Crippen LogP contribution in [0.3, 0.4) is 0 Å². The van der Waals surface area contributed by atoms with Crippen LogP contribution in [-0.2, 0) is 38.0 Å². The van der Waals surface area contributed by atoms with Gasteiger partial charge in [0.2, 0.25) is 0 Å². The van der Waals surface area contributed by atoms with E-state index in [0.29, 0.717) is 19.4 Å². The quantitative estimate of drug-likeness (QED) is 0.335. The predicted octanol–water partition coefficient (Wildman–Crippen LogP) is 3.78. The zero-order valence-corrected chi connectivity index (χ0v) is 24.5. The third-order valence-electron chi connectivity index (χ3n) is 7.95. The van der Waals surface area contributed by atoms with E-state index < -0.39 is 23.9 Å². The standard InChI is InChI=1S/C29H46O10/c1-9-18(37-20-12-10-19(31-4)11-13-20)14-21-15-23(29(2,3)24(38-21)16-25(30)33-6)39-28-27(35-8)26(34-7)22(32-5)17-36-28/h10-13,18,21-24,26-28H,9,14-17H2,1-8H3/t18-,21-,22-,23+,24+,26+,27-,28+/m1/s1. The van der Waals surface area contributed by atoms with Crippen molar-refractivity contribution in [3.8, 4) is 11.5 Å². The second-order valence-corrected chi connectivity index (χ2v) is 10.6. The molecule has 0 unspecified atom stereocenters. The highest BCUT2D eigenvalue weighted by atomic mass is 16.7. The van der Waals surface area contributed by atoms with Gasteiger partial charge < -0.3 is 42.6 Å². The molecule has 0 saturated carbocycles. The molecule has 10 heteroatoms. The Morgan fingerprint density at radius 3 is 2.23 bits per heavy atom. The number of carbonyl (C=O) groups excluding carboxylic acids is 1. The summed E-state index contributed by atoms with van der Waals surface area (Å²) in [5.74, 6) is 1.19. The molecule has 8 atom stereocenters. The van der Waals surface area contributed by atoms with Crippen molar-refractivity contribution in [2.75, 3.05) is 42.2 Å². The van der Waals surface area contributed by atoms with Crippen molar-refractivity contribution in [3.05, 3.63) is 24.3 Å². The second kappa shape index (κ2) is 14.6. The van der Waals surface area contributed by atoms with Crippen molar-refractivity contribution >= 4 is 5.97 Å². The van der Waals surface area contributed by atoms with E-state index in [1.165, 1.54) is 7.11 Å². The monoisotopic (exact) mass is 554 g/mol. The fraction of sp³-hybridized carbons (Fsp3) is 0.759. The van der Waals surface area contributed by atoms with E-state index in [1.807, 2.05) is 38.1 Å². The maximum Gasteiger partial charge on any atom is 0.308 e. The zero-order valence-electron chi connectivity index (χ0n) is 24.5. The molecule has 39 heavy (non-hydrogen) atoms. The number of hydrogen-bond acceptors (Lipinski definition) is 10. The van der Waals surface area contributed by atoms with E-state index in [0.717, 1.165) is 17.9 Å². The largest absolute Gasteiger partial charge is 0.497 e. The van der Waals surface area contributed by atoms with Gasteiger partial charge in [-0.25, -0.2) is 0 Å². The normalized spacial score (nSPS) is 31.3. The second-order valence-electron chi connectivity index (χ2n) is 10.6. The zero-order chi connectivity index (χ0) is 28.6. The molecule has 0 spiro atoms. The van der Waals surface area contributed by atoms with Crippen molar-refractivity contribution in [3.63, 3.8) is 0 Å². The summed E-state index contributed by atoms with van der Waals surface area (Å²) in [6.45, 7) is 6.48.